The standard InChI is InChI=1S/C11H18N4O2/c1-8-14-10(17-15-8)4-6-13-11(16)9-3-2-5-12-7-9/h9,12H,2-7H2,1H3,(H,13,16). The average Bonchev–Trinajstić information content (AvgIpc) is 2.76. The van der Waals surface area contributed by atoms with Gasteiger partial charge in [-0.15, -0.1) is 0 Å². The van der Waals surface area contributed by atoms with Crippen LogP contribution in [0.25, 0.3) is 0 Å². The number of hydrogen-bond donors (Lipinski definition) is 2. The van der Waals surface area contributed by atoms with Crippen LogP contribution in [0.5, 0.6) is 0 Å². The molecule has 1 fully saturated rings. The van der Waals surface area contributed by atoms with Crippen molar-refractivity contribution in [3.05, 3.63) is 11.7 Å². The molecule has 6 nitrogen and oxygen atoms in total. The molecule has 0 aliphatic carbocycles. The summed E-state index contributed by atoms with van der Waals surface area (Å²) in [7, 11) is 0. The number of nitrogens with one attached hydrogen (secondary N) is 2. The molecule has 1 atom stereocenters. The number of carbonyl (C=O) groups excluding carboxylic acids is 1. The van der Waals surface area contributed by atoms with Crippen LogP contribution in [0.3, 0.4) is 0 Å². The molecule has 17 heavy (non-hydrogen) atoms. The van der Waals surface area contributed by atoms with E-state index in [0.29, 0.717) is 24.7 Å². The molecule has 1 amide bonds. The predicted molar refractivity (Wildman–Crippen MR) is 61.3 cm³/mol. The largest absolute Gasteiger partial charge is 0.355 e. The van der Waals surface area contributed by atoms with Crippen LogP contribution in [0, 0.1) is 12.8 Å². The van der Waals surface area contributed by atoms with Crippen molar-refractivity contribution in [2.45, 2.75) is 26.2 Å². The Morgan fingerprint density at radius 2 is 2.53 bits per heavy atom. The highest BCUT2D eigenvalue weighted by Crippen LogP contribution is 2.09. The molecule has 0 spiro atoms. The molecule has 0 bridgehead atoms. The van der Waals surface area contributed by atoms with E-state index in [9.17, 15) is 4.79 Å². The summed E-state index contributed by atoms with van der Waals surface area (Å²) in [5, 5.41) is 9.82. The third-order valence-corrected chi connectivity index (χ3v) is 2.88. The van der Waals surface area contributed by atoms with Gasteiger partial charge in [0.2, 0.25) is 11.8 Å². The number of hydrogen-bond acceptors (Lipinski definition) is 5. The van der Waals surface area contributed by atoms with Gasteiger partial charge in [0.15, 0.2) is 5.82 Å². The molecular weight excluding hydrogens is 220 g/mol. The lowest BCUT2D eigenvalue weighted by molar-refractivity contribution is -0.125. The van der Waals surface area contributed by atoms with Crippen LogP contribution < -0.4 is 10.6 Å². The van der Waals surface area contributed by atoms with Gasteiger partial charge in [-0.2, -0.15) is 4.98 Å². The maximum absolute atomic E-state index is 11.8. The van der Waals surface area contributed by atoms with Crippen molar-refractivity contribution in [3.63, 3.8) is 0 Å². The second-order valence-corrected chi connectivity index (χ2v) is 4.32. The Balaban J connectivity index is 1.69. The summed E-state index contributed by atoms with van der Waals surface area (Å²) < 4.78 is 4.97. The molecule has 1 aliphatic heterocycles. The first kappa shape index (κ1) is 12.0. The summed E-state index contributed by atoms with van der Waals surface area (Å²) in [4.78, 5) is 15.9. The minimum atomic E-state index is 0.105. The summed E-state index contributed by atoms with van der Waals surface area (Å²) in [6, 6.07) is 0. The molecule has 1 aliphatic rings. The van der Waals surface area contributed by atoms with Crippen molar-refractivity contribution in [2.24, 2.45) is 5.92 Å². The first-order valence-electron chi connectivity index (χ1n) is 6.03. The Morgan fingerprint density at radius 1 is 1.65 bits per heavy atom. The smallest absolute Gasteiger partial charge is 0.228 e. The van der Waals surface area contributed by atoms with E-state index in [-0.39, 0.29) is 11.8 Å². The number of aromatic nitrogens is 2. The van der Waals surface area contributed by atoms with Gasteiger partial charge in [-0.05, 0) is 26.3 Å². The molecule has 1 saturated heterocycles. The molecule has 1 aromatic heterocycles. The van der Waals surface area contributed by atoms with E-state index in [2.05, 4.69) is 20.8 Å². The van der Waals surface area contributed by atoms with Crippen molar-refractivity contribution >= 4 is 5.91 Å². The van der Waals surface area contributed by atoms with E-state index < -0.39 is 0 Å². The molecular formula is C11H18N4O2. The van der Waals surface area contributed by atoms with Crippen molar-refractivity contribution in [2.75, 3.05) is 19.6 Å². The SMILES string of the molecule is Cc1noc(CCNC(=O)C2CCCNC2)n1. The van der Waals surface area contributed by atoms with E-state index in [1.807, 2.05) is 0 Å². The zero-order valence-electron chi connectivity index (χ0n) is 10.0. The van der Waals surface area contributed by atoms with Crippen LogP contribution in [0.1, 0.15) is 24.6 Å². The summed E-state index contributed by atoms with van der Waals surface area (Å²) in [5.74, 6) is 1.42. The van der Waals surface area contributed by atoms with Gasteiger partial charge in [-0.3, -0.25) is 4.79 Å². The van der Waals surface area contributed by atoms with Gasteiger partial charge < -0.3 is 15.2 Å². The van der Waals surface area contributed by atoms with E-state index >= 15 is 0 Å². The van der Waals surface area contributed by atoms with E-state index in [0.717, 1.165) is 25.9 Å². The van der Waals surface area contributed by atoms with E-state index in [1.165, 1.54) is 0 Å². The molecule has 2 N–H and O–H groups in total. The summed E-state index contributed by atoms with van der Waals surface area (Å²) in [6.07, 6.45) is 2.63. The average molecular weight is 238 g/mol. The van der Waals surface area contributed by atoms with Crippen molar-refractivity contribution in [1.29, 1.82) is 0 Å². The van der Waals surface area contributed by atoms with Crippen molar-refractivity contribution < 1.29 is 9.32 Å². The van der Waals surface area contributed by atoms with Gasteiger partial charge in [0.1, 0.15) is 0 Å². The van der Waals surface area contributed by atoms with Crippen LogP contribution in [0.4, 0.5) is 0 Å². The molecule has 0 radical (unpaired) electrons. The Labute approximate surface area is 100 Å². The van der Waals surface area contributed by atoms with E-state index in [4.69, 9.17) is 4.52 Å². The van der Waals surface area contributed by atoms with Crippen LogP contribution in [0.2, 0.25) is 0 Å². The zero-order valence-corrected chi connectivity index (χ0v) is 10.0. The fourth-order valence-corrected chi connectivity index (χ4v) is 1.95. The number of piperidine rings is 1. The lowest BCUT2D eigenvalue weighted by Gasteiger charge is -2.21. The summed E-state index contributed by atoms with van der Waals surface area (Å²) in [6.45, 7) is 4.13. The van der Waals surface area contributed by atoms with Gasteiger partial charge >= 0.3 is 0 Å². The topological polar surface area (TPSA) is 80.0 Å². The Hall–Kier alpha value is -1.43. The molecule has 94 valence electrons. The lowest BCUT2D eigenvalue weighted by Crippen LogP contribution is -2.41. The monoisotopic (exact) mass is 238 g/mol. The van der Waals surface area contributed by atoms with Crippen LogP contribution in [-0.2, 0) is 11.2 Å². The first-order chi connectivity index (χ1) is 8.25. The predicted octanol–water partition coefficient (Wildman–Crippen LogP) is 0.0363. The first-order valence-corrected chi connectivity index (χ1v) is 6.03. The van der Waals surface area contributed by atoms with Crippen LogP contribution >= 0.6 is 0 Å². The zero-order chi connectivity index (χ0) is 12.1. The lowest BCUT2D eigenvalue weighted by atomic mass is 9.99. The third kappa shape index (κ3) is 3.52. The molecule has 1 unspecified atom stereocenters. The van der Waals surface area contributed by atoms with Gasteiger partial charge in [-0.1, -0.05) is 5.16 Å². The molecule has 2 heterocycles. The fraction of sp³-hybridized carbons (Fsp3) is 0.727. The number of rotatable bonds is 4. The van der Waals surface area contributed by atoms with E-state index in [1.54, 1.807) is 6.92 Å². The highest BCUT2D eigenvalue weighted by atomic mass is 16.5. The van der Waals surface area contributed by atoms with Crippen LogP contribution in [-0.4, -0.2) is 35.7 Å². The number of carbonyl (C=O) groups is 1. The quantitative estimate of drug-likeness (QED) is 0.774. The molecule has 2 rings (SSSR count). The van der Waals surface area contributed by atoms with Crippen LogP contribution in [0.15, 0.2) is 4.52 Å². The second-order valence-electron chi connectivity index (χ2n) is 4.32. The van der Waals surface area contributed by atoms with Gasteiger partial charge in [-0.25, -0.2) is 0 Å². The van der Waals surface area contributed by atoms with Crippen molar-refractivity contribution in [1.82, 2.24) is 20.8 Å². The maximum Gasteiger partial charge on any atom is 0.228 e. The molecule has 1 aromatic rings. The van der Waals surface area contributed by atoms with Gasteiger partial charge in [0.05, 0.1) is 5.92 Å². The molecule has 6 heteroatoms. The highest BCUT2D eigenvalue weighted by molar-refractivity contribution is 5.78. The molecule has 0 saturated carbocycles. The highest BCUT2D eigenvalue weighted by Gasteiger charge is 2.20. The Bertz CT molecular complexity index is 371. The van der Waals surface area contributed by atoms with Gasteiger partial charge in [0.25, 0.3) is 0 Å². The Morgan fingerprint density at radius 3 is 3.18 bits per heavy atom. The number of aryl methyl sites for hydroxylation is 1. The van der Waals surface area contributed by atoms with Gasteiger partial charge in [0, 0.05) is 19.5 Å². The Kier molecular flexibility index (Phi) is 4.08. The maximum atomic E-state index is 11.8. The fourth-order valence-electron chi connectivity index (χ4n) is 1.95. The number of amides is 1. The number of nitrogens with zero attached hydrogens (tertiary/aromatic N) is 2. The minimum absolute atomic E-state index is 0.105. The van der Waals surface area contributed by atoms with Crippen molar-refractivity contribution in [3.8, 4) is 0 Å². The third-order valence-electron chi connectivity index (χ3n) is 2.88. The summed E-state index contributed by atoms with van der Waals surface area (Å²) in [5.41, 5.74) is 0. The minimum Gasteiger partial charge on any atom is -0.355 e. The summed E-state index contributed by atoms with van der Waals surface area (Å²) >= 11 is 0. The molecule has 0 aromatic carbocycles. The normalized spacial score (nSPS) is 20.2. The second kappa shape index (κ2) is 5.77.